The van der Waals surface area contributed by atoms with E-state index >= 15 is 0 Å². The molecule has 0 aliphatic carbocycles. The number of hydrogen-bond donors (Lipinski definition) is 3. The van der Waals surface area contributed by atoms with Crippen molar-refractivity contribution in [2.24, 2.45) is 0 Å². The van der Waals surface area contributed by atoms with Crippen molar-refractivity contribution in [3.63, 3.8) is 0 Å². The first-order valence-corrected chi connectivity index (χ1v) is 4.31. The van der Waals surface area contributed by atoms with Crippen LogP contribution in [0.3, 0.4) is 0 Å². The fraction of sp³-hybridized carbons (Fsp3) is 1.00. The number of quaternary nitrogens is 1. The summed E-state index contributed by atoms with van der Waals surface area (Å²) in [6.45, 7) is -0.398. The van der Waals surface area contributed by atoms with E-state index in [2.05, 4.69) is 0 Å². The fourth-order valence-corrected chi connectivity index (χ4v) is 0.732. The van der Waals surface area contributed by atoms with Crippen molar-refractivity contribution in [1.82, 2.24) is 0 Å². The lowest BCUT2D eigenvalue weighted by Crippen LogP contribution is -2.45. The molecular formula is C7H20F2NO6+. The maximum Gasteiger partial charge on any atom is 0.168 e. The minimum Gasteiger partial charge on any atom is -0.394 e. The van der Waals surface area contributed by atoms with Gasteiger partial charge in [-0.3, -0.25) is 9.41 Å². The van der Waals surface area contributed by atoms with Gasteiger partial charge in [0, 0.05) is 0 Å². The normalized spacial score (nSPS) is 10.5. The first kappa shape index (κ1) is 20.9. The van der Waals surface area contributed by atoms with Crippen LogP contribution >= 0.6 is 0 Å². The largest absolute Gasteiger partial charge is 0.394 e. The molecule has 0 fully saturated rings. The molecule has 0 aromatic heterocycles. The number of aliphatic hydroxyl groups is 3. The van der Waals surface area contributed by atoms with Crippen LogP contribution in [0, 0.1) is 0 Å². The molecule has 102 valence electrons. The smallest absolute Gasteiger partial charge is 0.168 e. The highest BCUT2D eigenvalue weighted by Crippen LogP contribution is 2.06. The molecule has 0 spiro atoms. The topological polar surface area (TPSA) is 88.4 Å². The van der Waals surface area contributed by atoms with Crippen molar-refractivity contribution in [1.29, 1.82) is 0 Å². The Morgan fingerprint density at radius 2 is 1.00 bits per heavy atom. The Morgan fingerprint density at radius 1 is 0.750 bits per heavy atom. The van der Waals surface area contributed by atoms with Gasteiger partial charge in [0.2, 0.25) is 0 Å². The molecule has 0 saturated heterocycles. The van der Waals surface area contributed by atoms with Crippen LogP contribution in [0.1, 0.15) is 0 Å². The molecule has 0 radical (unpaired) electrons. The Balaban J connectivity index is -0.000000845. The lowest BCUT2D eigenvalue weighted by molar-refractivity contribution is -1.36. The Morgan fingerprint density at radius 3 is 1.19 bits per heavy atom. The van der Waals surface area contributed by atoms with Gasteiger partial charge in [-0.1, -0.05) is 0 Å². The van der Waals surface area contributed by atoms with E-state index in [1.54, 1.807) is 0 Å². The van der Waals surface area contributed by atoms with Gasteiger partial charge in [0.1, 0.15) is 19.8 Å². The summed E-state index contributed by atoms with van der Waals surface area (Å²) in [7, 11) is 1.45. The molecule has 0 amide bonds. The average Bonchev–Trinajstić information content (AvgIpc) is 2.21. The highest BCUT2D eigenvalue weighted by Gasteiger charge is 2.27. The second kappa shape index (κ2) is 12.6. The molecule has 0 rings (SSSR count). The molecule has 0 heterocycles. The predicted octanol–water partition coefficient (Wildman–Crippen LogP) is -1.49. The molecule has 7 nitrogen and oxygen atoms in total. The van der Waals surface area contributed by atoms with E-state index in [0.717, 1.165) is 0 Å². The van der Waals surface area contributed by atoms with Crippen LogP contribution in [0.15, 0.2) is 0 Å². The van der Waals surface area contributed by atoms with Gasteiger partial charge in [0.25, 0.3) is 0 Å². The molecule has 0 aromatic rings. The molecule has 0 aromatic carbocycles. The summed E-state index contributed by atoms with van der Waals surface area (Å²) in [5.74, 6) is 0. The van der Waals surface area contributed by atoms with Gasteiger partial charge in [-0.2, -0.15) is 0 Å². The molecule has 0 aliphatic rings. The molecule has 0 atom stereocenters. The number of rotatable bonds is 9. The van der Waals surface area contributed by atoms with Crippen LogP contribution in [0.4, 0.5) is 9.41 Å². The molecule has 16 heavy (non-hydrogen) atoms. The highest BCUT2D eigenvalue weighted by atomic mass is 19.0. The molecule has 9 heteroatoms. The minimum atomic E-state index is -0.665. The monoisotopic (exact) mass is 252 g/mol. The summed E-state index contributed by atoms with van der Waals surface area (Å²) < 4.78 is 0. The molecular weight excluding hydrogens is 232 g/mol. The molecule has 0 bridgehead atoms. The number of hydroxylamine groups is 3. The number of aliphatic hydroxyl groups excluding tert-OH is 3. The van der Waals surface area contributed by atoms with Crippen molar-refractivity contribution in [2.75, 3.05) is 46.7 Å². The minimum absolute atomic E-state index is 0. The van der Waals surface area contributed by atoms with E-state index in [4.69, 9.17) is 29.8 Å². The Bertz CT molecular complexity index is 120. The Kier molecular flexibility index (Phi) is 16.5. The SMILES string of the molecule is C[N+](OCCO)(OCCO)OCCO.F.F. The van der Waals surface area contributed by atoms with Crippen molar-refractivity contribution in [2.45, 2.75) is 0 Å². The summed E-state index contributed by atoms with van der Waals surface area (Å²) in [6.07, 6.45) is 0. The van der Waals surface area contributed by atoms with E-state index in [1.807, 2.05) is 0 Å². The second-order valence-corrected chi connectivity index (χ2v) is 2.44. The van der Waals surface area contributed by atoms with Crippen LogP contribution in [0.5, 0.6) is 0 Å². The first-order chi connectivity index (χ1) is 6.68. The lowest BCUT2D eigenvalue weighted by atomic mass is 10.8. The van der Waals surface area contributed by atoms with Crippen molar-refractivity contribution >= 4 is 0 Å². The average molecular weight is 252 g/mol. The van der Waals surface area contributed by atoms with Crippen LogP contribution in [-0.4, -0.2) is 67.0 Å². The third-order valence-corrected chi connectivity index (χ3v) is 1.25. The first-order valence-electron chi connectivity index (χ1n) is 4.31. The van der Waals surface area contributed by atoms with Gasteiger partial charge in [-0.25, -0.2) is 0 Å². The Hall–Kier alpha value is -0.420. The van der Waals surface area contributed by atoms with Gasteiger partial charge in [-0.15, -0.1) is 14.5 Å². The van der Waals surface area contributed by atoms with E-state index in [-0.39, 0.29) is 49.1 Å². The van der Waals surface area contributed by atoms with Gasteiger partial charge in [0.15, 0.2) is 7.05 Å². The van der Waals surface area contributed by atoms with E-state index in [9.17, 15) is 0 Å². The molecule has 3 N–H and O–H groups in total. The third-order valence-electron chi connectivity index (χ3n) is 1.25. The van der Waals surface area contributed by atoms with E-state index in [1.165, 1.54) is 7.05 Å². The maximum absolute atomic E-state index is 8.54. The summed E-state index contributed by atoms with van der Waals surface area (Å²) in [4.78, 5) is 14.3. The van der Waals surface area contributed by atoms with E-state index in [0.29, 0.717) is 0 Å². The standard InChI is InChI=1S/C7H18NO6.2FH/c1-8(12-5-2-9,13-6-3-10)14-7-4-11;;/h9-11H,2-7H2,1H3;2*1H/q+1;;. The zero-order valence-corrected chi connectivity index (χ0v) is 9.07. The third kappa shape index (κ3) is 10.1. The zero-order chi connectivity index (χ0) is 10.9. The van der Waals surface area contributed by atoms with Gasteiger partial charge < -0.3 is 15.3 Å². The van der Waals surface area contributed by atoms with Crippen molar-refractivity contribution in [3.05, 3.63) is 0 Å². The highest BCUT2D eigenvalue weighted by molar-refractivity contribution is 4.15. The number of nitrogens with zero attached hydrogens (tertiary/aromatic N) is 1. The van der Waals surface area contributed by atoms with Gasteiger partial charge >= 0.3 is 0 Å². The molecule has 0 aliphatic heterocycles. The Labute approximate surface area is 91.9 Å². The van der Waals surface area contributed by atoms with E-state index < -0.39 is 4.97 Å². The molecule has 0 unspecified atom stereocenters. The second-order valence-electron chi connectivity index (χ2n) is 2.44. The van der Waals surface area contributed by atoms with Gasteiger partial charge in [-0.05, 0) is 0 Å². The zero-order valence-electron chi connectivity index (χ0n) is 9.07. The maximum atomic E-state index is 8.54. The van der Waals surface area contributed by atoms with Crippen LogP contribution in [0.2, 0.25) is 0 Å². The van der Waals surface area contributed by atoms with Gasteiger partial charge in [0.05, 0.1) is 24.8 Å². The quantitative estimate of drug-likeness (QED) is 0.342. The predicted molar refractivity (Wildman–Crippen MR) is 50.3 cm³/mol. The number of halogens is 2. The van der Waals surface area contributed by atoms with Crippen molar-refractivity contribution < 1.29 is 44.2 Å². The summed E-state index contributed by atoms with van der Waals surface area (Å²) >= 11 is 0. The van der Waals surface area contributed by atoms with Crippen LogP contribution in [-0.2, 0) is 14.5 Å². The summed E-state index contributed by atoms with van der Waals surface area (Å²) in [6, 6.07) is 0. The summed E-state index contributed by atoms with van der Waals surface area (Å²) in [5.41, 5.74) is 0. The summed E-state index contributed by atoms with van der Waals surface area (Å²) in [5, 5.41) is 25.6. The fourth-order valence-electron chi connectivity index (χ4n) is 0.732. The van der Waals surface area contributed by atoms with Crippen LogP contribution in [0.25, 0.3) is 0 Å². The number of hydrogen-bond acceptors (Lipinski definition) is 6. The molecule has 0 saturated carbocycles. The van der Waals surface area contributed by atoms with Crippen molar-refractivity contribution in [3.8, 4) is 0 Å². The van der Waals surface area contributed by atoms with Crippen LogP contribution < -0.4 is 0 Å². The lowest BCUT2D eigenvalue weighted by Gasteiger charge is -2.24.